The van der Waals surface area contributed by atoms with Gasteiger partial charge in [-0.15, -0.1) is 0 Å². The van der Waals surface area contributed by atoms with Crippen LogP contribution in [-0.2, 0) is 0 Å². The van der Waals surface area contributed by atoms with E-state index in [9.17, 15) is 0 Å². The SMILES string of the molecule is CC(CN(C)C)Oc1cc(Br)cc(Br)c1. The predicted octanol–water partition coefficient (Wildman–Crippen LogP) is 3.54. The van der Waals surface area contributed by atoms with E-state index in [1.807, 2.05) is 32.3 Å². The van der Waals surface area contributed by atoms with Crippen molar-refractivity contribution in [2.24, 2.45) is 0 Å². The normalized spacial score (nSPS) is 12.9. The van der Waals surface area contributed by atoms with Gasteiger partial charge in [-0.05, 0) is 39.2 Å². The molecule has 1 unspecified atom stereocenters. The van der Waals surface area contributed by atoms with E-state index in [2.05, 4.69) is 43.7 Å². The second-order valence-corrected chi connectivity index (χ2v) is 5.63. The molecule has 1 rings (SSSR count). The fourth-order valence-electron chi connectivity index (χ4n) is 1.38. The maximum Gasteiger partial charge on any atom is 0.122 e. The smallest absolute Gasteiger partial charge is 0.122 e. The van der Waals surface area contributed by atoms with Crippen molar-refractivity contribution >= 4 is 31.9 Å². The highest BCUT2D eigenvalue weighted by Crippen LogP contribution is 2.25. The van der Waals surface area contributed by atoms with Crippen LogP contribution in [0.2, 0.25) is 0 Å². The minimum absolute atomic E-state index is 0.182. The van der Waals surface area contributed by atoms with E-state index in [1.165, 1.54) is 0 Å². The van der Waals surface area contributed by atoms with Crippen LogP contribution in [0.5, 0.6) is 5.75 Å². The molecule has 0 fully saturated rings. The third kappa shape index (κ3) is 5.00. The van der Waals surface area contributed by atoms with Crippen molar-refractivity contribution in [1.29, 1.82) is 0 Å². The number of benzene rings is 1. The van der Waals surface area contributed by atoms with Crippen LogP contribution in [0.25, 0.3) is 0 Å². The zero-order valence-electron chi connectivity index (χ0n) is 9.13. The van der Waals surface area contributed by atoms with Gasteiger partial charge < -0.3 is 9.64 Å². The molecule has 0 aromatic heterocycles. The molecule has 0 aliphatic carbocycles. The highest BCUT2D eigenvalue weighted by atomic mass is 79.9. The monoisotopic (exact) mass is 335 g/mol. The Hall–Kier alpha value is -0.0600. The summed E-state index contributed by atoms with van der Waals surface area (Å²) in [6.45, 7) is 2.97. The number of ether oxygens (including phenoxy) is 1. The van der Waals surface area contributed by atoms with Gasteiger partial charge in [0.2, 0.25) is 0 Å². The summed E-state index contributed by atoms with van der Waals surface area (Å²) in [5.74, 6) is 0.880. The lowest BCUT2D eigenvalue weighted by Gasteiger charge is -2.19. The number of halogens is 2. The van der Waals surface area contributed by atoms with Crippen LogP contribution in [0.1, 0.15) is 6.92 Å². The summed E-state index contributed by atoms with van der Waals surface area (Å²) >= 11 is 6.87. The Morgan fingerprint density at radius 2 is 1.73 bits per heavy atom. The molecule has 1 aromatic rings. The van der Waals surface area contributed by atoms with Gasteiger partial charge in [0.15, 0.2) is 0 Å². The molecule has 0 spiro atoms. The second kappa shape index (κ2) is 5.87. The molecule has 0 bridgehead atoms. The van der Waals surface area contributed by atoms with Gasteiger partial charge in [0, 0.05) is 15.5 Å². The highest BCUT2D eigenvalue weighted by molar-refractivity contribution is 9.11. The minimum Gasteiger partial charge on any atom is -0.489 e. The lowest BCUT2D eigenvalue weighted by atomic mass is 10.3. The molecule has 15 heavy (non-hydrogen) atoms. The second-order valence-electron chi connectivity index (χ2n) is 3.80. The van der Waals surface area contributed by atoms with Gasteiger partial charge >= 0.3 is 0 Å². The molecule has 0 aliphatic heterocycles. The minimum atomic E-state index is 0.182. The van der Waals surface area contributed by atoms with E-state index in [0.29, 0.717) is 0 Å². The summed E-state index contributed by atoms with van der Waals surface area (Å²) in [5.41, 5.74) is 0. The molecule has 0 amide bonds. The van der Waals surface area contributed by atoms with E-state index < -0.39 is 0 Å². The Morgan fingerprint density at radius 3 is 2.20 bits per heavy atom. The maximum atomic E-state index is 5.79. The zero-order chi connectivity index (χ0) is 11.4. The maximum absolute atomic E-state index is 5.79. The van der Waals surface area contributed by atoms with Crippen LogP contribution in [0, 0.1) is 0 Å². The number of hydrogen-bond acceptors (Lipinski definition) is 2. The molecule has 4 heteroatoms. The highest BCUT2D eigenvalue weighted by Gasteiger charge is 2.06. The van der Waals surface area contributed by atoms with Crippen molar-refractivity contribution in [2.45, 2.75) is 13.0 Å². The van der Waals surface area contributed by atoms with E-state index >= 15 is 0 Å². The number of rotatable bonds is 4. The van der Waals surface area contributed by atoms with Crippen molar-refractivity contribution in [1.82, 2.24) is 4.90 Å². The quantitative estimate of drug-likeness (QED) is 0.833. The predicted molar refractivity (Wildman–Crippen MR) is 70.5 cm³/mol. The molecular formula is C11H15Br2NO. The summed E-state index contributed by atoms with van der Waals surface area (Å²) < 4.78 is 7.82. The lowest BCUT2D eigenvalue weighted by molar-refractivity contribution is 0.176. The Balaban J connectivity index is 2.63. The van der Waals surface area contributed by atoms with Crippen LogP contribution < -0.4 is 4.74 Å². The molecule has 0 N–H and O–H groups in total. The van der Waals surface area contributed by atoms with Crippen molar-refractivity contribution in [3.05, 3.63) is 27.1 Å². The zero-order valence-corrected chi connectivity index (χ0v) is 12.3. The molecule has 84 valence electrons. The van der Waals surface area contributed by atoms with Crippen molar-refractivity contribution in [3.63, 3.8) is 0 Å². The summed E-state index contributed by atoms with van der Waals surface area (Å²) in [6.07, 6.45) is 0.182. The fourth-order valence-corrected chi connectivity index (χ4v) is 2.63. The Kier molecular flexibility index (Phi) is 5.09. The molecule has 0 radical (unpaired) electrons. The Labute approximate surface area is 108 Å². The topological polar surface area (TPSA) is 12.5 Å². The summed E-state index contributed by atoms with van der Waals surface area (Å²) in [7, 11) is 4.08. The molecule has 0 aliphatic rings. The molecule has 2 nitrogen and oxygen atoms in total. The van der Waals surface area contributed by atoms with Gasteiger partial charge in [-0.2, -0.15) is 0 Å². The van der Waals surface area contributed by atoms with Gasteiger partial charge in [-0.1, -0.05) is 31.9 Å². The van der Waals surface area contributed by atoms with Gasteiger partial charge in [-0.3, -0.25) is 0 Å². The van der Waals surface area contributed by atoms with Crippen LogP contribution in [0.3, 0.4) is 0 Å². The number of nitrogens with zero attached hydrogens (tertiary/aromatic N) is 1. The average molecular weight is 337 g/mol. The van der Waals surface area contributed by atoms with Crippen LogP contribution in [0.4, 0.5) is 0 Å². The Bertz CT molecular complexity index is 308. The van der Waals surface area contributed by atoms with Gasteiger partial charge in [0.05, 0.1) is 0 Å². The molecule has 1 aromatic carbocycles. The van der Waals surface area contributed by atoms with Crippen LogP contribution in [-0.4, -0.2) is 31.6 Å². The average Bonchev–Trinajstić information content (AvgIpc) is 1.98. The molecule has 1 atom stereocenters. The fraction of sp³-hybridized carbons (Fsp3) is 0.455. The van der Waals surface area contributed by atoms with E-state index in [-0.39, 0.29) is 6.10 Å². The first-order valence-corrected chi connectivity index (χ1v) is 6.33. The van der Waals surface area contributed by atoms with Gasteiger partial charge in [0.25, 0.3) is 0 Å². The number of likely N-dealkylation sites (N-methyl/N-ethyl adjacent to an activating group) is 1. The summed E-state index contributed by atoms with van der Waals surface area (Å²) in [4.78, 5) is 2.11. The first-order valence-electron chi connectivity index (χ1n) is 4.75. The molecule has 0 saturated carbocycles. The van der Waals surface area contributed by atoms with E-state index in [4.69, 9.17) is 4.74 Å². The van der Waals surface area contributed by atoms with E-state index in [0.717, 1.165) is 21.2 Å². The Morgan fingerprint density at radius 1 is 1.20 bits per heavy atom. The third-order valence-corrected chi connectivity index (χ3v) is 2.71. The summed E-state index contributed by atoms with van der Waals surface area (Å²) in [6, 6.07) is 5.93. The largest absolute Gasteiger partial charge is 0.489 e. The molecule has 0 saturated heterocycles. The standard InChI is InChI=1S/C11H15Br2NO/c1-8(7-14(2)3)15-11-5-9(12)4-10(13)6-11/h4-6,8H,7H2,1-3H3. The van der Waals surface area contributed by atoms with Gasteiger partial charge in [0.1, 0.15) is 11.9 Å². The van der Waals surface area contributed by atoms with Crippen molar-refractivity contribution < 1.29 is 4.74 Å². The van der Waals surface area contributed by atoms with Gasteiger partial charge in [-0.25, -0.2) is 0 Å². The third-order valence-electron chi connectivity index (χ3n) is 1.80. The first-order chi connectivity index (χ1) is 6.97. The van der Waals surface area contributed by atoms with Crippen molar-refractivity contribution in [3.8, 4) is 5.75 Å². The number of hydrogen-bond donors (Lipinski definition) is 0. The van der Waals surface area contributed by atoms with Crippen LogP contribution in [0.15, 0.2) is 27.1 Å². The lowest BCUT2D eigenvalue weighted by Crippen LogP contribution is -2.27. The first kappa shape index (κ1) is 13.0. The molecule has 0 heterocycles. The molecular weight excluding hydrogens is 322 g/mol. The summed E-state index contributed by atoms with van der Waals surface area (Å²) in [5, 5.41) is 0. The van der Waals surface area contributed by atoms with Crippen LogP contribution >= 0.6 is 31.9 Å². The van der Waals surface area contributed by atoms with E-state index in [1.54, 1.807) is 0 Å². The van der Waals surface area contributed by atoms with Crippen molar-refractivity contribution in [2.75, 3.05) is 20.6 Å².